The third kappa shape index (κ3) is 5.69. The van der Waals surface area contributed by atoms with Gasteiger partial charge in [0.05, 0.1) is 33.2 Å². The molecule has 42 heavy (non-hydrogen) atoms. The normalized spacial score (nSPS) is 19.7. The van der Waals surface area contributed by atoms with E-state index in [1.807, 2.05) is 0 Å². The summed E-state index contributed by atoms with van der Waals surface area (Å²) in [6.45, 7) is 2.94. The standard InChI is InChI=1S/C28H27F3N6O4S/c1-17-12-25(37(35-17)21-5-3-4-20(13-21)33-18(2)38)36-15-23(14-24(36)26(39)34-27(16-32)10-11-27)42(40,41)22-8-6-19(7-9-22)28(29,30)31/h3-9,12-13,23-24H,10-11,14-15H2,1-2H3,(H,33,38)(H,34,39)/t23-,24+/m1/s1. The molecule has 2 amide bonds. The van der Waals surface area contributed by atoms with Gasteiger partial charge in [0.15, 0.2) is 9.84 Å². The molecule has 0 unspecified atom stereocenters. The van der Waals surface area contributed by atoms with Crippen molar-refractivity contribution >= 4 is 33.2 Å². The van der Waals surface area contributed by atoms with Crippen molar-refractivity contribution in [3.8, 4) is 11.8 Å². The molecule has 0 bridgehead atoms. The molecule has 2 N–H and O–H groups in total. The third-order valence-electron chi connectivity index (χ3n) is 7.36. The average Bonchev–Trinajstić information content (AvgIpc) is 3.36. The summed E-state index contributed by atoms with van der Waals surface area (Å²) in [6, 6.07) is 12.9. The van der Waals surface area contributed by atoms with Crippen LogP contribution < -0.4 is 15.5 Å². The molecule has 5 rings (SSSR count). The van der Waals surface area contributed by atoms with E-state index in [2.05, 4.69) is 21.8 Å². The predicted molar refractivity (Wildman–Crippen MR) is 146 cm³/mol. The number of sulfone groups is 1. The number of carbonyl (C=O) groups excluding carboxylic acids is 2. The lowest BCUT2D eigenvalue weighted by Gasteiger charge is -2.27. The Morgan fingerprint density at radius 3 is 2.40 bits per heavy atom. The summed E-state index contributed by atoms with van der Waals surface area (Å²) in [5, 5.41) is 18.4. The first-order chi connectivity index (χ1) is 19.7. The largest absolute Gasteiger partial charge is 0.416 e. The molecule has 2 fully saturated rings. The summed E-state index contributed by atoms with van der Waals surface area (Å²) in [5.74, 6) is -0.403. The van der Waals surface area contributed by atoms with Gasteiger partial charge in [0.1, 0.15) is 17.4 Å². The molecule has 2 aliphatic rings. The second-order valence-electron chi connectivity index (χ2n) is 10.6. The van der Waals surface area contributed by atoms with E-state index in [0.717, 1.165) is 12.1 Å². The number of hydrogen-bond acceptors (Lipinski definition) is 7. The first-order valence-electron chi connectivity index (χ1n) is 13.1. The highest BCUT2D eigenvalue weighted by Gasteiger charge is 2.50. The second kappa shape index (κ2) is 10.5. The molecule has 2 aromatic carbocycles. The number of nitriles is 1. The van der Waals surface area contributed by atoms with E-state index in [1.165, 1.54) is 11.6 Å². The number of benzene rings is 2. The van der Waals surface area contributed by atoms with E-state index in [1.54, 1.807) is 42.2 Å². The van der Waals surface area contributed by atoms with E-state index in [4.69, 9.17) is 0 Å². The number of nitrogens with zero attached hydrogens (tertiary/aromatic N) is 4. The lowest BCUT2D eigenvalue weighted by atomic mass is 10.1. The Labute approximate surface area is 240 Å². The van der Waals surface area contributed by atoms with Crippen LogP contribution in [0.5, 0.6) is 0 Å². The first-order valence-corrected chi connectivity index (χ1v) is 14.6. The fraction of sp³-hybridized carbons (Fsp3) is 0.357. The number of alkyl halides is 3. The van der Waals surface area contributed by atoms with E-state index in [9.17, 15) is 36.4 Å². The van der Waals surface area contributed by atoms with Crippen molar-refractivity contribution in [3.05, 3.63) is 65.9 Å². The Morgan fingerprint density at radius 2 is 1.81 bits per heavy atom. The minimum Gasteiger partial charge on any atom is -0.343 e. The Balaban J connectivity index is 1.53. The fourth-order valence-corrected chi connectivity index (χ4v) is 6.75. The summed E-state index contributed by atoms with van der Waals surface area (Å²) in [7, 11) is -4.16. The molecule has 1 aliphatic heterocycles. The number of aromatic nitrogens is 2. The quantitative estimate of drug-likeness (QED) is 0.422. The van der Waals surface area contributed by atoms with Gasteiger partial charge < -0.3 is 15.5 Å². The molecule has 0 radical (unpaired) electrons. The van der Waals surface area contributed by atoms with Crippen LogP contribution in [0.3, 0.4) is 0 Å². The summed E-state index contributed by atoms with van der Waals surface area (Å²) >= 11 is 0. The molecule has 1 saturated heterocycles. The van der Waals surface area contributed by atoms with Crippen LogP contribution in [0, 0.1) is 18.3 Å². The number of carbonyl (C=O) groups is 2. The van der Waals surface area contributed by atoms with Crippen molar-refractivity contribution < 1.29 is 31.2 Å². The zero-order valence-corrected chi connectivity index (χ0v) is 23.5. The highest BCUT2D eigenvalue weighted by molar-refractivity contribution is 7.92. The molecule has 3 aromatic rings. The van der Waals surface area contributed by atoms with Crippen LogP contribution in [-0.4, -0.2) is 53.4 Å². The Hall–Kier alpha value is -4.38. The third-order valence-corrected chi connectivity index (χ3v) is 9.51. The van der Waals surface area contributed by atoms with Gasteiger partial charge in [-0.1, -0.05) is 6.07 Å². The monoisotopic (exact) mass is 600 g/mol. The minimum absolute atomic E-state index is 0.155. The molecule has 1 saturated carbocycles. The topological polar surface area (TPSA) is 137 Å². The Morgan fingerprint density at radius 1 is 1.12 bits per heavy atom. The van der Waals surface area contributed by atoms with Crippen LogP contribution in [0.25, 0.3) is 5.69 Å². The number of nitrogens with one attached hydrogen (secondary N) is 2. The van der Waals surface area contributed by atoms with Gasteiger partial charge in [0, 0.05) is 25.2 Å². The van der Waals surface area contributed by atoms with Gasteiger partial charge in [-0.3, -0.25) is 9.59 Å². The highest BCUT2D eigenvalue weighted by atomic mass is 32.2. The Kier molecular flexibility index (Phi) is 7.26. The Bertz CT molecular complexity index is 1690. The maximum atomic E-state index is 13.6. The van der Waals surface area contributed by atoms with Crippen molar-refractivity contribution in [1.29, 1.82) is 5.26 Å². The van der Waals surface area contributed by atoms with Crippen molar-refractivity contribution in [3.63, 3.8) is 0 Å². The molecule has 1 aliphatic carbocycles. The van der Waals surface area contributed by atoms with E-state index >= 15 is 0 Å². The molecule has 2 heterocycles. The predicted octanol–water partition coefficient (Wildman–Crippen LogP) is 3.75. The van der Waals surface area contributed by atoms with Crippen molar-refractivity contribution in [2.75, 3.05) is 16.8 Å². The van der Waals surface area contributed by atoms with Gasteiger partial charge in [-0.15, -0.1) is 0 Å². The van der Waals surface area contributed by atoms with Gasteiger partial charge >= 0.3 is 6.18 Å². The average molecular weight is 601 g/mol. The zero-order chi connectivity index (χ0) is 30.4. The van der Waals surface area contributed by atoms with Gasteiger partial charge in [-0.2, -0.15) is 23.5 Å². The van der Waals surface area contributed by atoms with Gasteiger partial charge in [0.25, 0.3) is 0 Å². The maximum Gasteiger partial charge on any atom is 0.416 e. The van der Waals surface area contributed by atoms with Crippen LogP contribution in [0.1, 0.15) is 37.4 Å². The number of amides is 2. The van der Waals surface area contributed by atoms with Gasteiger partial charge in [0.2, 0.25) is 11.8 Å². The first kappa shape index (κ1) is 29.1. The van der Waals surface area contributed by atoms with Crippen LogP contribution in [0.15, 0.2) is 59.5 Å². The summed E-state index contributed by atoms with van der Waals surface area (Å²) < 4.78 is 68.1. The summed E-state index contributed by atoms with van der Waals surface area (Å²) in [5.41, 5.74) is -0.371. The lowest BCUT2D eigenvalue weighted by Crippen LogP contribution is -2.48. The van der Waals surface area contributed by atoms with Crippen LogP contribution in [0.4, 0.5) is 24.7 Å². The zero-order valence-electron chi connectivity index (χ0n) is 22.6. The SMILES string of the molecule is CC(=O)Nc1cccc(-n2nc(C)cc2N2C[C@H](S(=O)(=O)c3ccc(C(F)(F)F)cc3)C[C@H]2C(=O)NC2(C#N)CC2)c1. The molecular formula is C28H27F3N6O4S. The van der Waals surface area contributed by atoms with Crippen molar-refractivity contribution in [2.24, 2.45) is 0 Å². The van der Waals surface area contributed by atoms with E-state index in [0.29, 0.717) is 47.9 Å². The summed E-state index contributed by atoms with van der Waals surface area (Å²) in [4.78, 5) is 26.4. The number of anilines is 2. The molecule has 2 atom stereocenters. The number of hydrogen-bond donors (Lipinski definition) is 2. The van der Waals surface area contributed by atoms with Crippen LogP contribution in [0.2, 0.25) is 0 Å². The number of aryl methyl sites for hydroxylation is 1. The molecule has 10 nitrogen and oxygen atoms in total. The second-order valence-corrected chi connectivity index (χ2v) is 12.8. The van der Waals surface area contributed by atoms with Crippen molar-refractivity contribution in [2.45, 2.75) is 61.0 Å². The molecule has 220 valence electrons. The molecule has 1 aromatic heterocycles. The fourth-order valence-electron chi connectivity index (χ4n) is 5.06. The highest BCUT2D eigenvalue weighted by Crippen LogP contribution is 2.38. The molecule has 14 heteroatoms. The van der Waals surface area contributed by atoms with E-state index in [-0.39, 0.29) is 23.8 Å². The minimum atomic E-state index is -4.62. The smallest absolute Gasteiger partial charge is 0.343 e. The number of rotatable bonds is 7. The van der Waals surface area contributed by atoms with Crippen LogP contribution in [-0.2, 0) is 25.6 Å². The number of halogens is 3. The molecular weight excluding hydrogens is 573 g/mol. The van der Waals surface area contributed by atoms with E-state index < -0.39 is 44.3 Å². The molecule has 0 spiro atoms. The maximum absolute atomic E-state index is 13.6. The van der Waals surface area contributed by atoms with Crippen LogP contribution >= 0.6 is 0 Å². The van der Waals surface area contributed by atoms with Gasteiger partial charge in [-0.25, -0.2) is 13.1 Å². The summed E-state index contributed by atoms with van der Waals surface area (Å²) in [6.07, 6.45) is -3.83. The van der Waals surface area contributed by atoms with Gasteiger partial charge in [-0.05, 0) is 68.7 Å². The lowest BCUT2D eigenvalue weighted by molar-refractivity contribution is -0.137. The van der Waals surface area contributed by atoms with Crippen molar-refractivity contribution in [1.82, 2.24) is 15.1 Å².